The molecule has 0 bridgehead atoms. The van der Waals surface area contributed by atoms with Crippen LogP contribution in [0.2, 0.25) is 0 Å². The predicted molar refractivity (Wildman–Crippen MR) is 91.0 cm³/mol. The lowest BCUT2D eigenvalue weighted by atomic mass is 9.65. The summed E-state index contributed by atoms with van der Waals surface area (Å²) in [5.74, 6) is 2.05. The van der Waals surface area contributed by atoms with E-state index < -0.39 is 0 Å². The zero-order valence-corrected chi connectivity index (χ0v) is 14.1. The highest BCUT2D eigenvalue weighted by Crippen LogP contribution is 2.56. The van der Waals surface area contributed by atoms with Crippen molar-refractivity contribution in [3.05, 3.63) is 22.4 Å². The molecule has 4 heteroatoms. The van der Waals surface area contributed by atoms with Crippen LogP contribution >= 0.6 is 11.3 Å². The Morgan fingerprint density at radius 1 is 1.48 bits per heavy atom. The summed E-state index contributed by atoms with van der Waals surface area (Å²) in [4.78, 5) is 8.18. The number of nitrogens with one attached hydrogen (secondary N) is 1. The van der Waals surface area contributed by atoms with Crippen LogP contribution in [0.5, 0.6) is 0 Å². The van der Waals surface area contributed by atoms with E-state index in [1.54, 1.807) is 0 Å². The number of thiophene rings is 1. The van der Waals surface area contributed by atoms with Crippen LogP contribution in [-0.4, -0.2) is 38.0 Å². The van der Waals surface area contributed by atoms with Gasteiger partial charge < -0.3 is 10.2 Å². The number of aliphatic imine (C=N–C) groups is 1. The van der Waals surface area contributed by atoms with Crippen LogP contribution in [0.4, 0.5) is 0 Å². The maximum absolute atomic E-state index is 4.46. The normalized spacial score (nSPS) is 21.0. The Bertz CT molecular complexity index is 472. The lowest BCUT2D eigenvalue weighted by Gasteiger charge is -2.43. The minimum Gasteiger partial charge on any atom is -0.356 e. The van der Waals surface area contributed by atoms with E-state index in [1.807, 2.05) is 18.4 Å². The molecule has 1 aromatic rings. The molecule has 2 fully saturated rings. The molecule has 3 rings (SSSR count). The second kappa shape index (κ2) is 6.39. The van der Waals surface area contributed by atoms with E-state index in [2.05, 4.69) is 39.8 Å². The van der Waals surface area contributed by atoms with Gasteiger partial charge in [0.2, 0.25) is 0 Å². The minimum atomic E-state index is 0.602. The Hall–Kier alpha value is -1.03. The fourth-order valence-electron chi connectivity index (χ4n) is 3.53. The van der Waals surface area contributed by atoms with Crippen molar-refractivity contribution in [1.82, 2.24) is 10.2 Å². The van der Waals surface area contributed by atoms with Gasteiger partial charge in [-0.3, -0.25) is 4.99 Å². The van der Waals surface area contributed by atoms with E-state index in [1.165, 1.54) is 37.0 Å². The maximum Gasteiger partial charge on any atom is 0.193 e. The van der Waals surface area contributed by atoms with Crippen LogP contribution in [-0.2, 0) is 6.42 Å². The number of guanidine groups is 1. The average Bonchev–Trinajstić information content (AvgIpc) is 3.15. The first-order chi connectivity index (χ1) is 10.2. The summed E-state index contributed by atoms with van der Waals surface area (Å²) in [6.07, 6.45) is 8.26. The van der Waals surface area contributed by atoms with Crippen LogP contribution in [0, 0.1) is 11.3 Å². The van der Waals surface area contributed by atoms with E-state index in [9.17, 15) is 0 Å². The van der Waals surface area contributed by atoms with Gasteiger partial charge in [0.1, 0.15) is 0 Å². The Morgan fingerprint density at radius 2 is 2.29 bits per heavy atom. The minimum absolute atomic E-state index is 0.602. The number of hydrogen-bond acceptors (Lipinski definition) is 2. The highest BCUT2D eigenvalue weighted by atomic mass is 32.1. The smallest absolute Gasteiger partial charge is 0.193 e. The van der Waals surface area contributed by atoms with Gasteiger partial charge in [-0.1, -0.05) is 12.5 Å². The van der Waals surface area contributed by atoms with Gasteiger partial charge in [0, 0.05) is 32.1 Å². The zero-order valence-electron chi connectivity index (χ0n) is 13.3. The van der Waals surface area contributed by atoms with Gasteiger partial charge in [-0.2, -0.15) is 0 Å². The molecule has 21 heavy (non-hydrogen) atoms. The Morgan fingerprint density at radius 3 is 2.81 bits per heavy atom. The number of nitrogens with zero attached hydrogens (tertiary/aromatic N) is 2. The van der Waals surface area contributed by atoms with Crippen molar-refractivity contribution in [2.24, 2.45) is 16.3 Å². The molecule has 0 aromatic carbocycles. The Balaban J connectivity index is 1.48. The van der Waals surface area contributed by atoms with Gasteiger partial charge in [0.15, 0.2) is 5.96 Å². The summed E-state index contributed by atoms with van der Waals surface area (Å²) >= 11 is 1.84. The first-order valence-electron chi connectivity index (χ1n) is 8.18. The first-order valence-corrected chi connectivity index (χ1v) is 9.06. The SMILES string of the molecule is CN=C(NCC1(C2CC2)CCC1)N(C)CCc1cccs1. The van der Waals surface area contributed by atoms with Crippen molar-refractivity contribution in [1.29, 1.82) is 0 Å². The summed E-state index contributed by atoms with van der Waals surface area (Å²) in [5, 5.41) is 5.79. The van der Waals surface area contributed by atoms with Crippen molar-refractivity contribution in [2.45, 2.75) is 38.5 Å². The van der Waals surface area contributed by atoms with Gasteiger partial charge in [0.05, 0.1) is 0 Å². The second-order valence-corrected chi connectivity index (χ2v) is 7.67. The summed E-state index contributed by atoms with van der Waals surface area (Å²) in [7, 11) is 4.04. The molecule has 2 saturated carbocycles. The number of rotatable bonds is 6. The topological polar surface area (TPSA) is 27.6 Å². The summed E-state index contributed by atoms with van der Waals surface area (Å²) in [5.41, 5.74) is 0.602. The Kier molecular flexibility index (Phi) is 4.53. The molecule has 1 aromatic heterocycles. The molecule has 0 unspecified atom stereocenters. The van der Waals surface area contributed by atoms with Crippen LogP contribution in [0.25, 0.3) is 0 Å². The molecule has 1 heterocycles. The number of hydrogen-bond donors (Lipinski definition) is 1. The third-order valence-corrected chi connectivity index (χ3v) is 6.17. The van der Waals surface area contributed by atoms with Gasteiger partial charge in [0.25, 0.3) is 0 Å². The molecule has 3 nitrogen and oxygen atoms in total. The summed E-state index contributed by atoms with van der Waals surface area (Å²) in [6.45, 7) is 2.14. The molecule has 0 aliphatic heterocycles. The summed E-state index contributed by atoms with van der Waals surface area (Å²) in [6, 6.07) is 4.34. The average molecular weight is 305 g/mol. The van der Waals surface area contributed by atoms with Crippen molar-refractivity contribution < 1.29 is 0 Å². The van der Waals surface area contributed by atoms with E-state index >= 15 is 0 Å². The van der Waals surface area contributed by atoms with Gasteiger partial charge in [-0.25, -0.2) is 0 Å². The first kappa shape index (κ1) is 14.9. The van der Waals surface area contributed by atoms with Crippen molar-refractivity contribution >= 4 is 17.3 Å². The molecule has 0 amide bonds. The largest absolute Gasteiger partial charge is 0.356 e. The maximum atomic E-state index is 4.46. The molecular formula is C17H27N3S. The molecule has 0 saturated heterocycles. The predicted octanol–water partition coefficient (Wildman–Crippen LogP) is 3.38. The van der Waals surface area contributed by atoms with Crippen LogP contribution in [0.15, 0.2) is 22.5 Å². The highest BCUT2D eigenvalue weighted by molar-refractivity contribution is 7.09. The van der Waals surface area contributed by atoms with E-state index in [4.69, 9.17) is 0 Å². The van der Waals surface area contributed by atoms with Gasteiger partial charge in [-0.15, -0.1) is 11.3 Å². The molecule has 0 radical (unpaired) electrons. The standard InChI is InChI=1S/C17H27N3S/c1-18-16(20(2)11-8-15-5-3-12-21-15)19-13-17(9-4-10-17)14-6-7-14/h3,5,12,14H,4,6-11,13H2,1-2H3,(H,18,19). The lowest BCUT2D eigenvalue weighted by molar-refractivity contribution is 0.105. The second-order valence-electron chi connectivity index (χ2n) is 6.64. The molecule has 1 N–H and O–H groups in total. The van der Waals surface area contributed by atoms with Crippen molar-refractivity contribution in [3.63, 3.8) is 0 Å². The zero-order chi connectivity index (χ0) is 14.7. The molecule has 0 spiro atoms. The molecule has 2 aliphatic rings. The molecule has 2 aliphatic carbocycles. The Labute approximate surface area is 132 Å². The fraction of sp³-hybridized carbons (Fsp3) is 0.706. The lowest BCUT2D eigenvalue weighted by Crippen LogP contribution is -2.48. The van der Waals surface area contributed by atoms with Crippen LogP contribution in [0.1, 0.15) is 37.0 Å². The van der Waals surface area contributed by atoms with Crippen molar-refractivity contribution in [3.8, 4) is 0 Å². The van der Waals surface area contributed by atoms with Gasteiger partial charge >= 0.3 is 0 Å². The van der Waals surface area contributed by atoms with Crippen LogP contribution in [0.3, 0.4) is 0 Å². The fourth-order valence-corrected chi connectivity index (χ4v) is 4.23. The van der Waals surface area contributed by atoms with Gasteiger partial charge in [-0.05, 0) is 54.9 Å². The molecule has 116 valence electrons. The third-order valence-electron chi connectivity index (χ3n) is 5.24. The highest BCUT2D eigenvalue weighted by Gasteiger charge is 2.48. The summed E-state index contributed by atoms with van der Waals surface area (Å²) < 4.78 is 0. The van der Waals surface area contributed by atoms with E-state index in [-0.39, 0.29) is 0 Å². The number of likely N-dealkylation sites (N-methyl/N-ethyl adjacent to an activating group) is 1. The molecule has 0 atom stereocenters. The third kappa shape index (κ3) is 3.42. The van der Waals surface area contributed by atoms with Crippen LogP contribution < -0.4 is 5.32 Å². The monoisotopic (exact) mass is 305 g/mol. The molecular weight excluding hydrogens is 278 g/mol. The van der Waals surface area contributed by atoms with Crippen molar-refractivity contribution in [2.75, 3.05) is 27.2 Å². The van der Waals surface area contributed by atoms with E-state index in [0.717, 1.165) is 31.4 Å². The van der Waals surface area contributed by atoms with E-state index in [0.29, 0.717) is 5.41 Å². The quantitative estimate of drug-likeness (QED) is 0.644.